The Bertz CT molecular complexity index is 647. The molecule has 2 atom stereocenters. The molecule has 7 heteroatoms. The minimum Gasteiger partial charge on any atom is -0.350 e. The van der Waals surface area contributed by atoms with E-state index in [9.17, 15) is 9.18 Å². The van der Waals surface area contributed by atoms with Crippen LogP contribution in [0.25, 0.3) is 0 Å². The zero-order chi connectivity index (χ0) is 18.5. The highest BCUT2D eigenvalue weighted by molar-refractivity contribution is 8.14. The Morgan fingerprint density at radius 1 is 1.22 bits per heavy atom. The number of amidine groups is 1. The van der Waals surface area contributed by atoms with Crippen LogP contribution in [-0.2, 0) is 4.79 Å². The van der Waals surface area contributed by atoms with E-state index in [-0.39, 0.29) is 30.2 Å². The van der Waals surface area contributed by atoms with Crippen LogP contribution in [-0.4, -0.2) is 40.4 Å². The summed E-state index contributed by atoms with van der Waals surface area (Å²) in [5.41, 5.74) is 0.629. The Kier molecular flexibility index (Phi) is 8.42. The molecule has 0 spiro atoms. The molecule has 4 nitrogen and oxygen atoms in total. The second-order valence-corrected chi connectivity index (χ2v) is 8.66. The number of anilines is 1. The van der Waals surface area contributed by atoms with E-state index in [1.165, 1.54) is 50.7 Å². The van der Waals surface area contributed by atoms with E-state index in [0.717, 1.165) is 5.17 Å². The number of thioether (sulfide) groups is 1. The van der Waals surface area contributed by atoms with Crippen molar-refractivity contribution in [2.75, 3.05) is 12.4 Å². The molecule has 1 aliphatic heterocycles. The Balaban J connectivity index is 0.00000261. The highest BCUT2D eigenvalue weighted by atomic mass is 35.5. The van der Waals surface area contributed by atoms with Crippen molar-refractivity contribution in [1.29, 1.82) is 0 Å². The topological polar surface area (TPSA) is 44.7 Å². The third-order valence-corrected chi connectivity index (χ3v) is 6.56. The molecule has 0 aromatic heterocycles. The van der Waals surface area contributed by atoms with Crippen LogP contribution < -0.4 is 5.32 Å². The van der Waals surface area contributed by atoms with Gasteiger partial charge in [0.1, 0.15) is 5.82 Å². The SMILES string of the molecule is CC1SC(=NC2CCCCCC2)N(C)C1CC(=O)Nc1ccc(F)cc1.Cl. The van der Waals surface area contributed by atoms with Gasteiger partial charge in [0.25, 0.3) is 0 Å². The second kappa shape index (κ2) is 10.3. The average molecular weight is 414 g/mol. The molecule has 1 aromatic rings. The third kappa shape index (κ3) is 6.11. The fourth-order valence-electron chi connectivity index (χ4n) is 3.69. The van der Waals surface area contributed by atoms with Crippen LogP contribution >= 0.6 is 24.2 Å². The predicted octanol–water partition coefficient (Wildman–Crippen LogP) is 5.09. The molecule has 1 saturated carbocycles. The molecule has 1 saturated heterocycles. The predicted molar refractivity (Wildman–Crippen MR) is 114 cm³/mol. The molecule has 2 aliphatic rings. The summed E-state index contributed by atoms with van der Waals surface area (Å²) in [7, 11) is 2.04. The highest BCUT2D eigenvalue weighted by Gasteiger charge is 2.35. The number of benzene rings is 1. The van der Waals surface area contributed by atoms with Gasteiger partial charge in [0, 0.05) is 24.4 Å². The van der Waals surface area contributed by atoms with Crippen molar-refractivity contribution in [3.05, 3.63) is 30.1 Å². The summed E-state index contributed by atoms with van der Waals surface area (Å²) in [5.74, 6) is -0.348. The number of hydrogen-bond acceptors (Lipinski definition) is 3. The van der Waals surface area contributed by atoms with Crippen LogP contribution in [0.2, 0.25) is 0 Å². The Hall–Kier alpha value is -1.27. The van der Waals surface area contributed by atoms with Crippen LogP contribution in [0.5, 0.6) is 0 Å². The normalized spacial score (nSPS) is 25.1. The molecule has 1 amide bonds. The number of rotatable bonds is 4. The number of nitrogens with one attached hydrogen (secondary N) is 1. The van der Waals surface area contributed by atoms with Crippen LogP contribution in [0.15, 0.2) is 29.3 Å². The van der Waals surface area contributed by atoms with Gasteiger partial charge in [-0.15, -0.1) is 12.4 Å². The Morgan fingerprint density at radius 2 is 1.85 bits per heavy atom. The van der Waals surface area contributed by atoms with Gasteiger partial charge in [0.2, 0.25) is 5.91 Å². The highest BCUT2D eigenvalue weighted by Crippen LogP contribution is 2.33. The molecule has 2 unspecified atom stereocenters. The molecule has 150 valence electrons. The molecular weight excluding hydrogens is 385 g/mol. The number of aliphatic imine (C=N–C) groups is 1. The zero-order valence-corrected chi connectivity index (χ0v) is 17.6. The number of amides is 1. The summed E-state index contributed by atoms with van der Waals surface area (Å²) in [6.45, 7) is 2.16. The zero-order valence-electron chi connectivity index (χ0n) is 16.0. The van der Waals surface area contributed by atoms with Gasteiger partial charge < -0.3 is 10.2 Å². The first-order valence-corrected chi connectivity index (χ1v) is 10.4. The average Bonchev–Trinajstić information content (AvgIpc) is 2.81. The van der Waals surface area contributed by atoms with Gasteiger partial charge in [-0.1, -0.05) is 44.4 Å². The quantitative estimate of drug-likeness (QED) is 0.699. The Labute approximate surface area is 171 Å². The first-order valence-electron chi connectivity index (χ1n) is 9.55. The van der Waals surface area contributed by atoms with Crippen LogP contribution in [0.1, 0.15) is 51.9 Å². The first-order chi connectivity index (χ1) is 12.5. The monoisotopic (exact) mass is 413 g/mol. The molecule has 0 radical (unpaired) electrons. The van der Waals surface area contributed by atoms with Crippen molar-refractivity contribution in [3.8, 4) is 0 Å². The van der Waals surface area contributed by atoms with E-state index in [0.29, 0.717) is 23.4 Å². The second-order valence-electron chi connectivity index (χ2n) is 7.32. The van der Waals surface area contributed by atoms with E-state index in [1.807, 2.05) is 7.05 Å². The van der Waals surface area contributed by atoms with Crippen LogP contribution in [0.3, 0.4) is 0 Å². The van der Waals surface area contributed by atoms with Gasteiger partial charge in [-0.25, -0.2) is 4.39 Å². The summed E-state index contributed by atoms with van der Waals surface area (Å²) in [6, 6.07) is 6.44. The summed E-state index contributed by atoms with van der Waals surface area (Å²) in [4.78, 5) is 19.6. The first kappa shape index (κ1) is 22.0. The molecule has 1 aliphatic carbocycles. The van der Waals surface area contributed by atoms with E-state index in [1.54, 1.807) is 23.9 Å². The number of carbonyl (C=O) groups is 1. The summed E-state index contributed by atoms with van der Waals surface area (Å²) in [6.07, 6.45) is 7.97. The molecule has 27 heavy (non-hydrogen) atoms. The van der Waals surface area contributed by atoms with Gasteiger partial charge in [0.05, 0.1) is 12.1 Å². The maximum absolute atomic E-state index is 13.0. The lowest BCUT2D eigenvalue weighted by Crippen LogP contribution is -2.36. The van der Waals surface area contributed by atoms with E-state index in [4.69, 9.17) is 4.99 Å². The number of hydrogen-bond donors (Lipinski definition) is 1. The third-order valence-electron chi connectivity index (χ3n) is 5.27. The fraction of sp³-hybridized carbons (Fsp3) is 0.600. The van der Waals surface area contributed by atoms with Crippen molar-refractivity contribution in [2.45, 2.75) is 69.2 Å². The molecular formula is C20H29ClFN3OS. The molecule has 0 bridgehead atoms. The number of halogens is 2. The number of carbonyl (C=O) groups excluding carboxylic acids is 1. The van der Waals surface area contributed by atoms with Crippen molar-refractivity contribution in [3.63, 3.8) is 0 Å². The lowest BCUT2D eigenvalue weighted by atomic mass is 10.1. The minimum atomic E-state index is -0.303. The molecule has 3 rings (SSSR count). The summed E-state index contributed by atoms with van der Waals surface area (Å²) < 4.78 is 13.0. The maximum atomic E-state index is 13.0. The van der Waals surface area contributed by atoms with Crippen LogP contribution in [0.4, 0.5) is 10.1 Å². The smallest absolute Gasteiger partial charge is 0.226 e. The van der Waals surface area contributed by atoms with Gasteiger partial charge in [-0.3, -0.25) is 9.79 Å². The standard InChI is InChI=1S/C20H28FN3OS.ClH/c1-14-18(13-19(25)22-17-11-9-15(21)10-12-17)24(2)20(26-14)23-16-7-5-3-4-6-8-16;/h9-12,14,16,18H,3-8,13H2,1-2H3,(H,22,25);1H. The fourth-order valence-corrected chi connectivity index (χ4v) is 4.97. The van der Waals surface area contributed by atoms with Crippen molar-refractivity contribution >= 4 is 40.9 Å². The lowest BCUT2D eigenvalue weighted by molar-refractivity contribution is -0.117. The van der Waals surface area contributed by atoms with E-state index >= 15 is 0 Å². The minimum absolute atomic E-state index is 0. The molecule has 1 aromatic carbocycles. The van der Waals surface area contributed by atoms with Gasteiger partial charge in [0.15, 0.2) is 5.17 Å². The van der Waals surface area contributed by atoms with Crippen molar-refractivity contribution in [2.24, 2.45) is 4.99 Å². The largest absolute Gasteiger partial charge is 0.350 e. The van der Waals surface area contributed by atoms with Gasteiger partial charge in [-0.2, -0.15) is 0 Å². The van der Waals surface area contributed by atoms with Crippen molar-refractivity contribution < 1.29 is 9.18 Å². The maximum Gasteiger partial charge on any atom is 0.226 e. The van der Waals surface area contributed by atoms with Crippen molar-refractivity contribution in [1.82, 2.24) is 4.90 Å². The van der Waals surface area contributed by atoms with Crippen LogP contribution in [0, 0.1) is 5.82 Å². The van der Waals surface area contributed by atoms with Gasteiger partial charge in [-0.05, 0) is 37.1 Å². The summed E-state index contributed by atoms with van der Waals surface area (Å²) in [5, 5.41) is 4.26. The van der Waals surface area contributed by atoms with Gasteiger partial charge >= 0.3 is 0 Å². The Morgan fingerprint density at radius 3 is 2.48 bits per heavy atom. The molecule has 2 fully saturated rings. The summed E-state index contributed by atoms with van der Waals surface area (Å²) >= 11 is 1.78. The van der Waals surface area contributed by atoms with E-state index in [2.05, 4.69) is 17.1 Å². The molecule has 1 N–H and O–H groups in total. The lowest BCUT2D eigenvalue weighted by Gasteiger charge is -2.23. The number of nitrogens with zero attached hydrogens (tertiary/aromatic N) is 2. The van der Waals surface area contributed by atoms with E-state index < -0.39 is 0 Å². The molecule has 1 heterocycles.